The van der Waals surface area contributed by atoms with E-state index < -0.39 is 23.7 Å². The van der Waals surface area contributed by atoms with Crippen molar-refractivity contribution in [1.29, 1.82) is 0 Å². The van der Waals surface area contributed by atoms with Gasteiger partial charge in [0.1, 0.15) is 22.8 Å². The molecule has 0 radical (unpaired) electrons. The summed E-state index contributed by atoms with van der Waals surface area (Å²) in [6.07, 6.45) is -1.77. The predicted octanol–water partition coefficient (Wildman–Crippen LogP) is 3.65. The van der Waals surface area contributed by atoms with Gasteiger partial charge in [-0.05, 0) is 38.5 Å². The topological polar surface area (TPSA) is 80.7 Å². The Balaban J connectivity index is 2.04. The Labute approximate surface area is 162 Å². The first-order valence-electron chi connectivity index (χ1n) is 8.66. The van der Waals surface area contributed by atoms with E-state index in [0.717, 1.165) is 0 Å². The number of carbonyl (C=O) groups excluding carboxylic acids is 1. The van der Waals surface area contributed by atoms with Gasteiger partial charge in [-0.15, -0.1) is 0 Å². The number of ether oxygens (including phenoxy) is 1. The molecule has 0 bridgehead atoms. The number of amides is 1. The van der Waals surface area contributed by atoms with Crippen LogP contribution in [0.15, 0.2) is 24.3 Å². The normalized spacial score (nSPS) is 15.4. The molecule has 0 saturated carbocycles. The number of rotatable bonds is 2. The molecule has 3 N–H and O–H groups in total. The summed E-state index contributed by atoms with van der Waals surface area (Å²) in [6.45, 7) is 6.40. The lowest BCUT2D eigenvalue weighted by Crippen LogP contribution is -2.41. The van der Waals surface area contributed by atoms with Gasteiger partial charge in [-0.25, -0.2) is 9.18 Å². The minimum Gasteiger partial charge on any atom is -0.444 e. The molecule has 0 fully saturated rings. The highest BCUT2D eigenvalue weighted by Gasteiger charge is 2.32. The minimum atomic E-state index is -1.32. The molecule has 1 aliphatic heterocycles. The van der Waals surface area contributed by atoms with Crippen LogP contribution in [0.3, 0.4) is 0 Å². The van der Waals surface area contributed by atoms with Crippen molar-refractivity contribution in [1.82, 2.24) is 9.47 Å². The van der Waals surface area contributed by atoms with E-state index in [2.05, 4.69) is 0 Å². The van der Waals surface area contributed by atoms with Gasteiger partial charge < -0.3 is 25.0 Å². The number of aliphatic hydroxyl groups excluding tert-OH is 1. The number of carbonyl (C=O) groups is 1. The van der Waals surface area contributed by atoms with Crippen molar-refractivity contribution in [2.45, 2.75) is 45.7 Å². The summed E-state index contributed by atoms with van der Waals surface area (Å²) in [5, 5.41) is 10.6. The summed E-state index contributed by atoms with van der Waals surface area (Å²) in [7, 11) is 0. The Morgan fingerprint density at radius 2 is 2.07 bits per heavy atom. The van der Waals surface area contributed by atoms with E-state index >= 15 is 0 Å². The van der Waals surface area contributed by atoms with Crippen molar-refractivity contribution in [3.8, 4) is 11.1 Å². The lowest BCUT2D eigenvalue weighted by atomic mass is 10.0. The zero-order chi connectivity index (χ0) is 19.9. The highest BCUT2D eigenvalue weighted by Crippen LogP contribution is 2.40. The third kappa shape index (κ3) is 3.95. The van der Waals surface area contributed by atoms with Gasteiger partial charge in [-0.2, -0.15) is 0 Å². The fraction of sp³-hybridized carbons (Fsp3) is 0.421. The Bertz CT molecular complexity index is 874. The van der Waals surface area contributed by atoms with Crippen LogP contribution >= 0.6 is 11.6 Å². The van der Waals surface area contributed by atoms with Crippen molar-refractivity contribution in [3.63, 3.8) is 0 Å². The van der Waals surface area contributed by atoms with Gasteiger partial charge in [0, 0.05) is 29.9 Å². The molecule has 0 saturated heterocycles. The number of hydrogen-bond acceptors (Lipinski definition) is 4. The molecular weight excluding hydrogens is 373 g/mol. The van der Waals surface area contributed by atoms with E-state index in [4.69, 9.17) is 22.1 Å². The molecule has 1 atom stereocenters. The van der Waals surface area contributed by atoms with Gasteiger partial charge in [-0.3, -0.25) is 0 Å². The van der Waals surface area contributed by atoms with Gasteiger partial charge >= 0.3 is 6.09 Å². The predicted molar refractivity (Wildman–Crippen MR) is 101 cm³/mol. The quantitative estimate of drug-likeness (QED) is 0.760. The van der Waals surface area contributed by atoms with Crippen molar-refractivity contribution >= 4 is 17.7 Å². The molecule has 27 heavy (non-hydrogen) atoms. The minimum absolute atomic E-state index is 0.188. The largest absolute Gasteiger partial charge is 0.444 e. The standard InChI is InChI=1S/C19H23ClFN3O3/c1-19(2,3)27-18(26)23-7-8-24-13(10-23)15(17(22)25)14(16(24)20)11-5-4-6-12(21)9-11/h4-6,9,17,25H,7-8,10,22H2,1-3H3. The third-order valence-electron chi connectivity index (χ3n) is 4.34. The van der Waals surface area contributed by atoms with Crippen LogP contribution in [0.4, 0.5) is 9.18 Å². The monoisotopic (exact) mass is 395 g/mol. The fourth-order valence-electron chi connectivity index (χ4n) is 3.26. The number of aromatic nitrogens is 1. The fourth-order valence-corrected chi connectivity index (χ4v) is 3.66. The van der Waals surface area contributed by atoms with Gasteiger partial charge in [0.05, 0.1) is 6.54 Å². The second-order valence-corrected chi connectivity index (χ2v) is 7.89. The van der Waals surface area contributed by atoms with Crippen LogP contribution in [0.1, 0.15) is 38.3 Å². The highest BCUT2D eigenvalue weighted by atomic mass is 35.5. The maximum absolute atomic E-state index is 13.7. The average Bonchev–Trinajstić information content (AvgIpc) is 2.86. The van der Waals surface area contributed by atoms with E-state index in [1.54, 1.807) is 37.5 Å². The van der Waals surface area contributed by atoms with Crippen LogP contribution in [0.2, 0.25) is 5.15 Å². The molecule has 1 aromatic heterocycles. The molecular formula is C19H23ClFN3O3. The first-order chi connectivity index (χ1) is 12.6. The van der Waals surface area contributed by atoms with Crippen molar-refractivity contribution in [2.75, 3.05) is 6.54 Å². The number of halogens is 2. The van der Waals surface area contributed by atoms with Crippen LogP contribution < -0.4 is 5.73 Å². The van der Waals surface area contributed by atoms with Crippen LogP contribution in [-0.4, -0.2) is 32.8 Å². The van der Waals surface area contributed by atoms with E-state index in [1.165, 1.54) is 17.0 Å². The van der Waals surface area contributed by atoms with Gasteiger partial charge in [0.15, 0.2) is 0 Å². The summed E-state index contributed by atoms with van der Waals surface area (Å²) in [4.78, 5) is 14.0. The van der Waals surface area contributed by atoms with Crippen LogP contribution in [0.5, 0.6) is 0 Å². The Hall–Kier alpha value is -2.09. The van der Waals surface area contributed by atoms with E-state index in [1.807, 2.05) is 0 Å². The maximum Gasteiger partial charge on any atom is 0.410 e. The Kier molecular flexibility index (Phi) is 5.20. The molecule has 146 valence electrons. The first-order valence-corrected chi connectivity index (χ1v) is 9.04. The van der Waals surface area contributed by atoms with Gasteiger partial charge in [0.2, 0.25) is 0 Å². The lowest BCUT2D eigenvalue weighted by molar-refractivity contribution is 0.0196. The number of fused-ring (bicyclic) bond motifs is 1. The zero-order valence-corrected chi connectivity index (χ0v) is 16.3. The second kappa shape index (κ2) is 7.14. The molecule has 2 aromatic rings. The molecule has 2 heterocycles. The second-order valence-electron chi connectivity index (χ2n) is 7.53. The number of aliphatic hydroxyl groups is 1. The molecule has 0 spiro atoms. The van der Waals surface area contributed by atoms with Crippen LogP contribution in [-0.2, 0) is 17.8 Å². The summed E-state index contributed by atoms with van der Waals surface area (Å²) in [6, 6.07) is 5.94. The molecule has 1 aliphatic rings. The summed E-state index contributed by atoms with van der Waals surface area (Å²) < 4.78 is 20.9. The molecule has 3 rings (SSSR count). The van der Waals surface area contributed by atoms with E-state index in [0.29, 0.717) is 40.6 Å². The smallest absolute Gasteiger partial charge is 0.410 e. The summed E-state index contributed by atoms with van der Waals surface area (Å²) >= 11 is 6.55. The molecule has 0 aliphatic carbocycles. The zero-order valence-electron chi connectivity index (χ0n) is 15.5. The van der Waals surface area contributed by atoms with E-state index in [9.17, 15) is 14.3 Å². The highest BCUT2D eigenvalue weighted by molar-refractivity contribution is 6.32. The third-order valence-corrected chi connectivity index (χ3v) is 4.74. The van der Waals surface area contributed by atoms with Crippen molar-refractivity contribution in [2.24, 2.45) is 5.73 Å². The van der Waals surface area contributed by atoms with Crippen LogP contribution in [0.25, 0.3) is 11.1 Å². The number of nitrogens with two attached hydrogens (primary N) is 1. The SMILES string of the molecule is CC(C)(C)OC(=O)N1CCn2c(Cl)c(-c3cccc(F)c3)c(C(N)O)c2C1. The van der Waals surface area contributed by atoms with Crippen molar-refractivity contribution < 1.29 is 19.0 Å². The number of benzene rings is 1. The number of nitrogens with zero attached hydrogens (tertiary/aromatic N) is 2. The van der Waals surface area contributed by atoms with Gasteiger partial charge in [-0.1, -0.05) is 23.7 Å². The van der Waals surface area contributed by atoms with Crippen molar-refractivity contribution in [3.05, 3.63) is 46.5 Å². The lowest BCUT2D eigenvalue weighted by Gasteiger charge is -2.32. The molecule has 6 nitrogen and oxygen atoms in total. The molecule has 1 unspecified atom stereocenters. The average molecular weight is 396 g/mol. The summed E-state index contributed by atoms with van der Waals surface area (Å²) in [5.74, 6) is -0.416. The number of hydrogen-bond donors (Lipinski definition) is 2. The molecule has 8 heteroatoms. The maximum atomic E-state index is 13.7. The Morgan fingerprint density at radius 3 is 2.67 bits per heavy atom. The van der Waals surface area contributed by atoms with Gasteiger partial charge in [0.25, 0.3) is 0 Å². The molecule has 1 amide bonds. The summed E-state index contributed by atoms with van der Waals surface area (Å²) in [5.41, 5.74) is 7.19. The van der Waals surface area contributed by atoms with E-state index in [-0.39, 0.29) is 6.54 Å². The van der Waals surface area contributed by atoms with Crippen LogP contribution in [0, 0.1) is 5.82 Å². The Morgan fingerprint density at radius 1 is 1.37 bits per heavy atom. The first kappa shape index (κ1) is 19.7. The molecule has 1 aromatic carbocycles.